The molecule has 0 aromatic heterocycles. The molecule has 0 aliphatic rings. The summed E-state index contributed by atoms with van der Waals surface area (Å²) in [5.41, 5.74) is 2.47. The van der Waals surface area contributed by atoms with E-state index in [4.69, 9.17) is 0 Å². The normalized spacial score (nSPS) is 17.2. The molecule has 0 spiro atoms. The number of allylic oxidation sites excluding steroid dienone is 1. The summed E-state index contributed by atoms with van der Waals surface area (Å²) in [6.07, 6.45) is 4.83. The average Bonchev–Trinajstić information content (AvgIpc) is 1.85. The summed E-state index contributed by atoms with van der Waals surface area (Å²) in [6.45, 7) is 6.89. The predicted molar refractivity (Wildman–Crippen MR) is 60.1 cm³/mol. The SMILES string of the molecule is C/C=C\[Si](C)(CCC)CN(C)C. The highest BCUT2D eigenvalue weighted by Gasteiger charge is 2.22. The second-order valence-corrected chi connectivity index (χ2v) is 8.60. The molecule has 1 unspecified atom stereocenters. The Balaban J connectivity index is 4.17. The minimum Gasteiger partial charge on any atom is -0.312 e. The van der Waals surface area contributed by atoms with Crippen LogP contribution in [0.1, 0.15) is 20.3 Å². The first kappa shape index (κ1) is 11.9. The van der Waals surface area contributed by atoms with Crippen LogP contribution in [0.3, 0.4) is 0 Å². The van der Waals surface area contributed by atoms with Crippen molar-refractivity contribution < 1.29 is 0 Å². The van der Waals surface area contributed by atoms with Gasteiger partial charge in [0.15, 0.2) is 0 Å². The van der Waals surface area contributed by atoms with Crippen molar-refractivity contribution in [2.45, 2.75) is 32.9 Å². The van der Waals surface area contributed by atoms with Crippen LogP contribution in [-0.4, -0.2) is 33.2 Å². The molecular formula is C10H23NSi. The first-order valence-corrected chi connectivity index (χ1v) is 7.82. The van der Waals surface area contributed by atoms with E-state index in [2.05, 4.69) is 51.2 Å². The standard InChI is InChI=1S/C10H23NSi/c1-6-8-12(5,9-7-2)10-11(3)4/h6,8H,7,9-10H2,1-5H3/b8-6-. The summed E-state index contributed by atoms with van der Waals surface area (Å²) in [4.78, 5) is 2.32. The Kier molecular flexibility index (Phi) is 5.50. The summed E-state index contributed by atoms with van der Waals surface area (Å²) in [5, 5.41) is 0. The molecule has 0 aromatic carbocycles. The van der Waals surface area contributed by atoms with Gasteiger partial charge in [-0.05, 0) is 27.2 Å². The van der Waals surface area contributed by atoms with Gasteiger partial charge in [0.25, 0.3) is 0 Å². The summed E-state index contributed by atoms with van der Waals surface area (Å²) >= 11 is 0. The van der Waals surface area contributed by atoms with E-state index in [0.29, 0.717) is 0 Å². The fourth-order valence-electron chi connectivity index (χ4n) is 1.91. The van der Waals surface area contributed by atoms with Gasteiger partial charge in [-0.3, -0.25) is 0 Å². The van der Waals surface area contributed by atoms with Crippen LogP contribution in [0.2, 0.25) is 12.6 Å². The molecule has 0 amide bonds. The van der Waals surface area contributed by atoms with E-state index in [1.54, 1.807) is 0 Å². The maximum atomic E-state index is 2.47. The van der Waals surface area contributed by atoms with E-state index >= 15 is 0 Å². The Bertz CT molecular complexity index is 143. The molecular weight excluding hydrogens is 162 g/mol. The van der Waals surface area contributed by atoms with Crippen LogP contribution < -0.4 is 0 Å². The van der Waals surface area contributed by atoms with Crippen LogP contribution in [0.5, 0.6) is 0 Å². The molecule has 0 saturated carbocycles. The first-order chi connectivity index (χ1) is 5.54. The Morgan fingerprint density at radius 3 is 2.25 bits per heavy atom. The third-order valence-corrected chi connectivity index (χ3v) is 6.20. The van der Waals surface area contributed by atoms with Gasteiger partial charge in [-0.2, -0.15) is 0 Å². The summed E-state index contributed by atoms with van der Waals surface area (Å²) in [7, 11) is 3.27. The van der Waals surface area contributed by atoms with Crippen molar-refractivity contribution in [3.8, 4) is 0 Å². The topological polar surface area (TPSA) is 3.24 Å². The molecule has 0 rings (SSSR count). The van der Waals surface area contributed by atoms with Crippen molar-refractivity contribution in [1.82, 2.24) is 4.90 Å². The molecule has 0 heterocycles. The van der Waals surface area contributed by atoms with E-state index in [-0.39, 0.29) is 0 Å². The van der Waals surface area contributed by atoms with Crippen molar-refractivity contribution in [2.24, 2.45) is 0 Å². The third-order valence-electron chi connectivity index (χ3n) is 2.07. The molecule has 0 aromatic rings. The van der Waals surface area contributed by atoms with E-state index < -0.39 is 8.07 Å². The van der Waals surface area contributed by atoms with Crippen molar-refractivity contribution in [3.63, 3.8) is 0 Å². The van der Waals surface area contributed by atoms with Gasteiger partial charge in [-0.1, -0.05) is 37.7 Å². The number of nitrogens with zero attached hydrogens (tertiary/aromatic N) is 1. The van der Waals surface area contributed by atoms with Crippen molar-refractivity contribution in [2.75, 3.05) is 20.3 Å². The highest BCUT2D eigenvalue weighted by atomic mass is 28.3. The molecule has 1 atom stereocenters. The largest absolute Gasteiger partial charge is 0.312 e. The molecule has 0 aliphatic carbocycles. The Morgan fingerprint density at radius 2 is 1.92 bits per heavy atom. The van der Waals surface area contributed by atoms with Gasteiger partial charge in [0.2, 0.25) is 0 Å². The zero-order valence-electron chi connectivity index (χ0n) is 9.22. The van der Waals surface area contributed by atoms with Crippen LogP contribution in [0.15, 0.2) is 11.8 Å². The molecule has 12 heavy (non-hydrogen) atoms. The number of hydrogen-bond acceptors (Lipinski definition) is 1. The quantitative estimate of drug-likeness (QED) is 0.595. The van der Waals surface area contributed by atoms with E-state index in [1.807, 2.05) is 0 Å². The van der Waals surface area contributed by atoms with Gasteiger partial charge in [0.05, 0.1) is 8.07 Å². The lowest BCUT2D eigenvalue weighted by Gasteiger charge is -2.26. The zero-order valence-corrected chi connectivity index (χ0v) is 10.2. The fourth-order valence-corrected chi connectivity index (χ4v) is 5.73. The zero-order chi connectivity index (χ0) is 9.61. The van der Waals surface area contributed by atoms with Crippen LogP contribution >= 0.6 is 0 Å². The van der Waals surface area contributed by atoms with Gasteiger partial charge >= 0.3 is 0 Å². The van der Waals surface area contributed by atoms with Gasteiger partial charge in [-0.25, -0.2) is 0 Å². The molecule has 0 N–H and O–H groups in total. The predicted octanol–water partition coefficient (Wildman–Crippen LogP) is 2.69. The van der Waals surface area contributed by atoms with Crippen molar-refractivity contribution in [3.05, 3.63) is 11.8 Å². The van der Waals surface area contributed by atoms with Crippen LogP contribution in [0.4, 0.5) is 0 Å². The monoisotopic (exact) mass is 185 g/mol. The fraction of sp³-hybridized carbons (Fsp3) is 0.800. The first-order valence-electron chi connectivity index (χ1n) is 4.82. The number of rotatable bonds is 5. The lowest BCUT2D eigenvalue weighted by Crippen LogP contribution is -2.40. The Morgan fingerprint density at radius 1 is 1.33 bits per heavy atom. The van der Waals surface area contributed by atoms with Crippen molar-refractivity contribution >= 4 is 8.07 Å². The molecule has 2 heteroatoms. The maximum absolute atomic E-state index is 2.47. The minimum absolute atomic E-state index is 1.07. The highest BCUT2D eigenvalue weighted by molar-refractivity contribution is 6.83. The Hall–Kier alpha value is -0.0831. The van der Waals surface area contributed by atoms with Gasteiger partial charge in [0.1, 0.15) is 0 Å². The maximum Gasteiger partial charge on any atom is 0.0887 e. The molecule has 1 nitrogen and oxygen atoms in total. The van der Waals surface area contributed by atoms with Crippen LogP contribution in [0.25, 0.3) is 0 Å². The molecule has 0 aliphatic heterocycles. The molecule has 0 saturated heterocycles. The summed E-state index contributed by atoms with van der Waals surface area (Å²) in [6, 6.07) is 1.41. The number of hydrogen-bond donors (Lipinski definition) is 0. The minimum atomic E-state index is -1.07. The van der Waals surface area contributed by atoms with Gasteiger partial charge < -0.3 is 4.90 Å². The van der Waals surface area contributed by atoms with E-state index in [1.165, 1.54) is 18.6 Å². The Labute approximate surface area is 78.5 Å². The van der Waals surface area contributed by atoms with E-state index in [9.17, 15) is 0 Å². The second kappa shape index (κ2) is 5.54. The highest BCUT2D eigenvalue weighted by Crippen LogP contribution is 2.14. The van der Waals surface area contributed by atoms with Crippen LogP contribution in [0, 0.1) is 0 Å². The molecule has 72 valence electrons. The lowest BCUT2D eigenvalue weighted by atomic mass is 10.6. The van der Waals surface area contributed by atoms with Gasteiger partial charge in [0, 0.05) is 0 Å². The smallest absolute Gasteiger partial charge is 0.0887 e. The average molecular weight is 185 g/mol. The molecule has 0 radical (unpaired) electrons. The second-order valence-electron chi connectivity index (χ2n) is 4.14. The van der Waals surface area contributed by atoms with Crippen molar-refractivity contribution in [1.29, 1.82) is 0 Å². The van der Waals surface area contributed by atoms with Gasteiger partial charge in [-0.15, -0.1) is 0 Å². The summed E-state index contributed by atoms with van der Waals surface area (Å²) < 4.78 is 0. The summed E-state index contributed by atoms with van der Waals surface area (Å²) in [5.74, 6) is 0. The molecule has 0 fully saturated rings. The molecule has 0 bridgehead atoms. The lowest BCUT2D eigenvalue weighted by molar-refractivity contribution is 0.470. The third kappa shape index (κ3) is 4.73. The van der Waals surface area contributed by atoms with E-state index in [0.717, 1.165) is 0 Å². The van der Waals surface area contributed by atoms with Crippen LogP contribution in [-0.2, 0) is 0 Å².